The van der Waals surface area contributed by atoms with Gasteiger partial charge in [0.25, 0.3) is 0 Å². The highest BCUT2D eigenvalue weighted by atomic mass is 16.6. The van der Waals surface area contributed by atoms with E-state index >= 15 is 0 Å². The van der Waals surface area contributed by atoms with Crippen LogP contribution in [-0.2, 0) is 28.6 Å². The lowest BCUT2D eigenvalue weighted by Crippen LogP contribution is -2.30. The molecule has 0 aliphatic rings. The quantitative estimate of drug-likeness (QED) is 0.0262. The van der Waals surface area contributed by atoms with Crippen molar-refractivity contribution in [3.8, 4) is 0 Å². The summed E-state index contributed by atoms with van der Waals surface area (Å²) in [5, 5.41) is 0. The number of carbonyl (C=O) groups excluding carboxylic acids is 3. The molecule has 0 amide bonds. The van der Waals surface area contributed by atoms with Crippen molar-refractivity contribution in [1.29, 1.82) is 0 Å². The summed E-state index contributed by atoms with van der Waals surface area (Å²) in [6.07, 6.45) is 74.2. The molecule has 0 rings (SSSR count). The van der Waals surface area contributed by atoms with E-state index in [0.29, 0.717) is 12.8 Å². The predicted octanol–water partition coefficient (Wildman–Crippen LogP) is 18.9. The first-order chi connectivity index (χ1) is 33.5. The number of hydrogen-bond donors (Lipinski definition) is 0. The average Bonchev–Trinajstić information content (AvgIpc) is 3.34. The lowest BCUT2D eigenvalue weighted by Gasteiger charge is -2.18. The van der Waals surface area contributed by atoms with Gasteiger partial charge >= 0.3 is 17.9 Å². The second-order valence-corrected chi connectivity index (χ2v) is 18.4. The lowest BCUT2D eigenvalue weighted by molar-refractivity contribution is -0.166. The Hall–Kier alpha value is -3.67. The summed E-state index contributed by atoms with van der Waals surface area (Å²) in [6, 6.07) is 0. The molecule has 0 spiro atoms. The third kappa shape index (κ3) is 53.3. The second-order valence-electron chi connectivity index (χ2n) is 18.4. The SMILES string of the molecule is CC/C=C\C/C=C\C/C=C\C/C=C\CCCCCCC(=O)OC(COC(=O)CC/C=C\C/C=C\C/C=C\C/C=C\CC)COC(=O)CCCCCCCCCCCCCCCCCCCCCC. The number of unbranched alkanes of at least 4 members (excludes halogenated alkanes) is 23. The van der Waals surface area contributed by atoms with Crippen LogP contribution >= 0.6 is 0 Å². The molecule has 0 aromatic carbocycles. The lowest BCUT2D eigenvalue weighted by atomic mass is 10.0. The van der Waals surface area contributed by atoms with Gasteiger partial charge in [0.15, 0.2) is 6.10 Å². The van der Waals surface area contributed by atoms with Gasteiger partial charge in [-0.25, -0.2) is 0 Å². The van der Waals surface area contributed by atoms with E-state index in [1.165, 1.54) is 109 Å². The Morgan fingerprint density at radius 2 is 0.603 bits per heavy atom. The number of carbonyl (C=O) groups is 3. The molecule has 388 valence electrons. The molecule has 1 atom stereocenters. The summed E-state index contributed by atoms with van der Waals surface area (Å²) in [5.41, 5.74) is 0. The van der Waals surface area contributed by atoms with Crippen LogP contribution in [0.5, 0.6) is 0 Å². The van der Waals surface area contributed by atoms with Crippen molar-refractivity contribution < 1.29 is 28.6 Å². The van der Waals surface area contributed by atoms with Crippen molar-refractivity contribution in [2.75, 3.05) is 13.2 Å². The number of allylic oxidation sites excluding steroid dienone is 16. The summed E-state index contributed by atoms with van der Waals surface area (Å²) in [7, 11) is 0. The minimum absolute atomic E-state index is 0.108. The first-order valence-electron chi connectivity index (χ1n) is 28.2. The number of ether oxygens (including phenoxy) is 3. The molecular formula is C62H104O6. The average molecular weight is 946 g/mol. The number of esters is 3. The Morgan fingerprint density at radius 3 is 0.985 bits per heavy atom. The molecule has 0 aromatic rings. The molecule has 6 nitrogen and oxygen atoms in total. The van der Waals surface area contributed by atoms with Gasteiger partial charge in [0.1, 0.15) is 13.2 Å². The molecule has 68 heavy (non-hydrogen) atoms. The van der Waals surface area contributed by atoms with E-state index in [0.717, 1.165) is 103 Å². The van der Waals surface area contributed by atoms with Gasteiger partial charge in [-0.2, -0.15) is 0 Å². The maximum atomic E-state index is 12.8. The van der Waals surface area contributed by atoms with Gasteiger partial charge < -0.3 is 14.2 Å². The molecule has 0 heterocycles. The van der Waals surface area contributed by atoms with Gasteiger partial charge in [-0.15, -0.1) is 0 Å². The van der Waals surface area contributed by atoms with Gasteiger partial charge in [-0.1, -0.05) is 253 Å². The minimum atomic E-state index is -0.819. The topological polar surface area (TPSA) is 78.9 Å². The first-order valence-corrected chi connectivity index (χ1v) is 28.2. The van der Waals surface area contributed by atoms with E-state index in [2.05, 4.69) is 106 Å². The summed E-state index contributed by atoms with van der Waals surface area (Å²) in [5.74, 6) is -1.01. The number of rotatable bonds is 50. The van der Waals surface area contributed by atoms with E-state index in [-0.39, 0.29) is 44.0 Å². The molecule has 1 unspecified atom stereocenters. The largest absolute Gasteiger partial charge is 0.462 e. The Labute approximate surface area is 419 Å². The fourth-order valence-electron chi connectivity index (χ4n) is 7.68. The van der Waals surface area contributed by atoms with E-state index < -0.39 is 6.10 Å². The van der Waals surface area contributed by atoms with E-state index in [4.69, 9.17) is 14.2 Å². The van der Waals surface area contributed by atoms with Crippen LogP contribution in [0.25, 0.3) is 0 Å². The van der Waals surface area contributed by atoms with Crippen molar-refractivity contribution in [3.63, 3.8) is 0 Å². The Kier molecular flexibility index (Phi) is 52.9. The summed E-state index contributed by atoms with van der Waals surface area (Å²) in [4.78, 5) is 38.1. The molecule has 0 saturated heterocycles. The highest BCUT2D eigenvalue weighted by Crippen LogP contribution is 2.16. The third-order valence-electron chi connectivity index (χ3n) is 11.8. The third-order valence-corrected chi connectivity index (χ3v) is 11.8. The highest BCUT2D eigenvalue weighted by molar-refractivity contribution is 5.71. The van der Waals surface area contributed by atoms with Crippen LogP contribution in [0.15, 0.2) is 97.2 Å². The Bertz CT molecular complexity index is 1360. The molecule has 0 aliphatic heterocycles. The van der Waals surface area contributed by atoms with Crippen molar-refractivity contribution in [1.82, 2.24) is 0 Å². The zero-order valence-corrected chi connectivity index (χ0v) is 44.3. The monoisotopic (exact) mass is 945 g/mol. The van der Waals surface area contributed by atoms with Crippen LogP contribution in [0.2, 0.25) is 0 Å². The van der Waals surface area contributed by atoms with Gasteiger partial charge in [0.05, 0.1) is 0 Å². The molecule has 6 heteroatoms. The summed E-state index contributed by atoms with van der Waals surface area (Å²) >= 11 is 0. The molecule has 0 saturated carbocycles. The van der Waals surface area contributed by atoms with E-state index in [1.54, 1.807) is 0 Å². The van der Waals surface area contributed by atoms with Gasteiger partial charge in [0.2, 0.25) is 0 Å². The van der Waals surface area contributed by atoms with Gasteiger partial charge in [-0.3, -0.25) is 14.4 Å². The molecular weight excluding hydrogens is 841 g/mol. The summed E-state index contributed by atoms with van der Waals surface area (Å²) in [6.45, 7) is 6.34. The maximum absolute atomic E-state index is 12.8. The Morgan fingerprint density at radius 1 is 0.309 bits per heavy atom. The highest BCUT2D eigenvalue weighted by Gasteiger charge is 2.19. The van der Waals surface area contributed by atoms with Gasteiger partial charge in [-0.05, 0) is 83.5 Å². The fourth-order valence-corrected chi connectivity index (χ4v) is 7.68. The second kappa shape index (κ2) is 55.9. The standard InChI is InChI=1S/C62H104O6/c1-4-7-10-13-16-19-22-25-27-29-30-31-33-34-37-40-43-46-49-52-55-61(64)67-58-59(57-66-60(63)54-51-48-45-42-39-36-24-21-18-15-12-9-6-3)68-62(65)56-53-50-47-44-41-38-35-32-28-26-23-20-17-14-11-8-5-2/h8-9,11-12,17-18,20-21,26,28,35-36,38-39,45,48,59H,4-7,10,13-16,19,22-25,27,29-34,37,40-44,46-47,49-58H2,1-3H3/b11-8-,12-9-,20-17-,21-18-,28-26-,38-35-,39-36-,48-45-. The molecule has 0 aromatic heterocycles. The van der Waals surface area contributed by atoms with Crippen LogP contribution in [0.1, 0.15) is 258 Å². The normalized spacial score (nSPS) is 12.8. The van der Waals surface area contributed by atoms with Crippen LogP contribution in [0.3, 0.4) is 0 Å². The zero-order chi connectivity index (χ0) is 49.3. The van der Waals surface area contributed by atoms with Gasteiger partial charge in [0, 0.05) is 19.3 Å². The smallest absolute Gasteiger partial charge is 0.306 e. The maximum Gasteiger partial charge on any atom is 0.306 e. The van der Waals surface area contributed by atoms with Crippen LogP contribution in [-0.4, -0.2) is 37.2 Å². The summed E-state index contributed by atoms with van der Waals surface area (Å²) < 4.78 is 16.8. The Balaban J connectivity index is 4.44. The zero-order valence-electron chi connectivity index (χ0n) is 44.3. The van der Waals surface area contributed by atoms with E-state index in [9.17, 15) is 14.4 Å². The van der Waals surface area contributed by atoms with Crippen molar-refractivity contribution in [2.24, 2.45) is 0 Å². The minimum Gasteiger partial charge on any atom is -0.462 e. The van der Waals surface area contributed by atoms with Crippen molar-refractivity contribution >= 4 is 17.9 Å². The van der Waals surface area contributed by atoms with Crippen LogP contribution < -0.4 is 0 Å². The molecule has 0 N–H and O–H groups in total. The number of hydrogen-bond acceptors (Lipinski definition) is 6. The van der Waals surface area contributed by atoms with E-state index in [1.807, 2.05) is 12.2 Å². The van der Waals surface area contributed by atoms with Crippen LogP contribution in [0, 0.1) is 0 Å². The predicted molar refractivity (Wildman–Crippen MR) is 293 cm³/mol. The first kappa shape index (κ1) is 64.3. The van der Waals surface area contributed by atoms with Crippen LogP contribution in [0.4, 0.5) is 0 Å². The van der Waals surface area contributed by atoms with Crippen molar-refractivity contribution in [3.05, 3.63) is 97.2 Å². The molecule has 0 radical (unpaired) electrons. The molecule has 0 bridgehead atoms. The molecule has 0 aliphatic carbocycles. The molecule has 0 fully saturated rings. The fraction of sp³-hybridized carbons (Fsp3) is 0.694. The van der Waals surface area contributed by atoms with Crippen molar-refractivity contribution in [2.45, 2.75) is 264 Å².